The van der Waals surface area contributed by atoms with E-state index in [0.29, 0.717) is 12.4 Å². The molecule has 0 aromatic carbocycles. The van der Waals surface area contributed by atoms with Crippen molar-refractivity contribution in [1.29, 1.82) is 0 Å². The molecule has 1 fully saturated rings. The van der Waals surface area contributed by atoms with Gasteiger partial charge < -0.3 is 5.32 Å². The average Bonchev–Trinajstić information content (AvgIpc) is 3.13. The van der Waals surface area contributed by atoms with Gasteiger partial charge in [-0.05, 0) is 26.2 Å². The molecule has 3 amide bonds. The molecule has 0 radical (unpaired) electrons. The molecular weight excluding hydrogens is 320 g/mol. The van der Waals surface area contributed by atoms with E-state index in [1.54, 1.807) is 6.07 Å². The number of rotatable bonds is 2. The van der Waals surface area contributed by atoms with Gasteiger partial charge in [-0.15, -0.1) is 0 Å². The Morgan fingerprint density at radius 1 is 1.36 bits per heavy atom. The molecule has 1 aromatic rings. The summed E-state index contributed by atoms with van der Waals surface area (Å²) in [6.07, 6.45) is 2.57. The van der Waals surface area contributed by atoms with Crippen LogP contribution in [0.3, 0.4) is 0 Å². The minimum Gasteiger partial charge on any atom is -0.338 e. The van der Waals surface area contributed by atoms with Crippen molar-refractivity contribution in [2.45, 2.75) is 52.4 Å². The van der Waals surface area contributed by atoms with E-state index in [2.05, 4.69) is 25.7 Å². The Labute approximate surface area is 146 Å². The fraction of sp³-hybridized carbons (Fsp3) is 0.588. The highest BCUT2D eigenvalue weighted by Gasteiger charge is 2.34. The van der Waals surface area contributed by atoms with Gasteiger partial charge in [-0.2, -0.15) is 14.8 Å². The molecular formula is C17H24N6O2. The van der Waals surface area contributed by atoms with Gasteiger partial charge in [0, 0.05) is 23.7 Å². The first-order chi connectivity index (χ1) is 11.8. The Kier molecular flexibility index (Phi) is 4.45. The molecule has 8 nitrogen and oxygen atoms in total. The number of nitrogens with zero attached hydrogens (tertiary/aromatic N) is 4. The van der Waals surface area contributed by atoms with Gasteiger partial charge in [0.1, 0.15) is 5.82 Å². The molecule has 1 aliphatic heterocycles. The molecule has 2 heterocycles. The summed E-state index contributed by atoms with van der Waals surface area (Å²) >= 11 is 0. The summed E-state index contributed by atoms with van der Waals surface area (Å²) in [6, 6.07) is 1.46. The SMILES string of the molecule is CCNC(=O)Nc1cc(C(C)(C)C)nn1C1=NC(=O)C2CCCC2=N1. The minimum atomic E-state index is -0.335. The highest BCUT2D eigenvalue weighted by molar-refractivity contribution is 6.17. The number of amides is 3. The molecule has 0 spiro atoms. The Bertz CT molecular complexity index is 769. The first-order valence-corrected chi connectivity index (χ1v) is 8.65. The number of aromatic nitrogens is 2. The number of aliphatic imine (C=N–C) groups is 2. The van der Waals surface area contributed by atoms with Crippen LogP contribution in [0.1, 0.15) is 52.7 Å². The second kappa shape index (κ2) is 6.42. The molecule has 0 saturated heterocycles. The Hall–Kier alpha value is -2.51. The van der Waals surface area contributed by atoms with Crippen LogP contribution in [0.25, 0.3) is 0 Å². The van der Waals surface area contributed by atoms with E-state index in [1.807, 2.05) is 27.7 Å². The monoisotopic (exact) mass is 344 g/mol. The number of urea groups is 1. The van der Waals surface area contributed by atoms with Crippen molar-refractivity contribution >= 4 is 29.4 Å². The van der Waals surface area contributed by atoms with E-state index in [4.69, 9.17) is 0 Å². The van der Waals surface area contributed by atoms with Gasteiger partial charge in [0.25, 0.3) is 11.9 Å². The standard InChI is InChI=1S/C17H24N6O2/c1-5-18-16(25)20-13-9-12(17(2,3)4)22-23(13)15-19-11-8-6-7-10(11)14(24)21-15/h9-10H,5-8H2,1-4H3,(H2,18,20,25). The van der Waals surface area contributed by atoms with E-state index >= 15 is 0 Å². The molecule has 1 aromatic heterocycles. The second-order valence-corrected chi connectivity index (χ2v) is 7.36. The third-order valence-electron chi connectivity index (χ3n) is 4.33. The van der Waals surface area contributed by atoms with Crippen molar-refractivity contribution in [3.8, 4) is 0 Å². The zero-order valence-electron chi connectivity index (χ0n) is 15.1. The van der Waals surface area contributed by atoms with Gasteiger partial charge in [0.05, 0.1) is 11.6 Å². The average molecular weight is 344 g/mol. The number of carbonyl (C=O) groups is 2. The lowest BCUT2D eigenvalue weighted by molar-refractivity contribution is -0.119. The van der Waals surface area contributed by atoms with E-state index in [9.17, 15) is 9.59 Å². The lowest BCUT2D eigenvalue weighted by atomic mass is 9.92. The van der Waals surface area contributed by atoms with E-state index < -0.39 is 0 Å². The van der Waals surface area contributed by atoms with Crippen LogP contribution in [-0.4, -0.2) is 39.9 Å². The Morgan fingerprint density at radius 3 is 2.80 bits per heavy atom. The first kappa shape index (κ1) is 17.3. The summed E-state index contributed by atoms with van der Waals surface area (Å²) in [5.74, 6) is 0.319. The van der Waals surface area contributed by atoms with Crippen molar-refractivity contribution in [2.24, 2.45) is 15.9 Å². The van der Waals surface area contributed by atoms with Gasteiger partial charge in [-0.3, -0.25) is 10.1 Å². The second-order valence-electron chi connectivity index (χ2n) is 7.36. The van der Waals surface area contributed by atoms with Crippen LogP contribution in [0.15, 0.2) is 16.1 Å². The molecule has 2 aliphatic rings. The molecule has 134 valence electrons. The van der Waals surface area contributed by atoms with E-state index in [-0.39, 0.29) is 29.2 Å². The number of fused-ring (bicyclic) bond motifs is 1. The molecule has 1 atom stereocenters. The third kappa shape index (κ3) is 3.47. The van der Waals surface area contributed by atoms with Crippen LogP contribution in [0.5, 0.6) is 0 Å². The lowest BCUT2D eigenvalue weighted by Gasteiger charge is -2.16. The zero-order chi connectivity index (χ0) is 18.2. The van der Waals surface area contributed by atoms with Crippen LogP contribution in [-0.2, 0) is 10.2 Å². The Morgan fingerprint density at radius 2 is 2.12 bits per heavy atom. The van der Waals surface area contributed by atoms with Crippen molar-refractivity contribution in [2.75, 3.05) is 11.9 Å². The van der Waals surface area contributed by atoms with E-state index in [0.717, 1.165) is 30.7 Å². The number of hydrogen-bond donors (Lipinski definition) is 2. The van der Waals surface area contributed by atoms with Crippen molar-refractivity contribution < 1.29 is 9.59 Å². The summed E-state index contributed by atoms with van der Waals surface area (Å²) in [6.45, 7) is 8.44. The number of nitrogens with one attached hydrogen (secondary N) is 2. The summed E-state index contributed by atoms with van der Waals surface area (Å²) < 4.78 is 1.45. The molecule has 1 aliphatic carbocycles. The molecule has 8 heteroatoms. The van der Waals surface area contributed by atoms with Gasteiger partial charge in [-0.1, -0.05) is 20.8 Å². The van der Waals surface area contributed by atoms with Gasteiger partial charge in [0.2, 0.25) is 0 Å². The number of carbonyl (C=O) groups excluding carboxylic acids is 2. The first-order valence-electron chi connectivity index (χ1n) is 8.65. The maximum absolute atomic E-state index is 12.3. The van der Waals surface area contributed by atoms with Crippen LogP contribution >= 0.6 is 0 Å². The van der Waals surface area contributed by atoms with Crippen LogP contribution in [0.4, 0.5) is 10.6 Å². The molecule has 3 rings (SSSR count). The third-order valence-corrected chi connectivity index (χ3v) is 4.33. The van der Waals surface area contributed by atoms with Gasteiger partial charge in [0.15, 0.2) is 0 Å². The quantitative estimate of drug-likeness (QED) is 0.861. The van der Waals surface area contributed by atoms with Crippen LogP contribution < -0.4 is 10.6 Å². The summed E-state index contributed by atoms with van der Waals surface area (Å²) in [5, 5.41) is 10.00. The van der Waals surface area contributed by atoms with Crippen molar-refractivity contribution in [3.05, 3.63) is 11.8 Å². The van der Waals surface area contributed by atoms with Crippen LogP contribution in [0, 0.1) is 5.92 Å². The smallest absolute Gasteiger partial charge is 0.320 e. The zero-order valence-corrected chi connectivity index (χ0v) is 15.1. The fourth-order valence-electron chi connectivity index (χ4n) is 2.96. The highest BCUT2D eigenvalue weighted by atomic mass is 16.2. The van der Waals surface area contributed by atoms with Gasteiger partial charge in [-0.25, -0.2) is 9.79 Å². The molecule has 1 saturated carbocycles. The molecule has 2 N–H and O–H groups in total. The predicted molar refractivity (Wildman–Crippen MR) is 96.2 cm³/mol. The van der Waals surface area contributed by atoms with E-state index in [1.165, 1.54) is 4.68 Å². The van der Waals surface area contributed by atoms with Crippen LogP contribution in [0.2, 0.25) is 0 Å². The number of hydrogen-bond acceptors (Lipinski definition) is 4. The maximum atomic E-state index is 12.3. The maximum Gasteiger partial charge on any atom is 0.320 e. The largest absolute Gasteiger partial charge is 0.338 e. The lowest BCUT2D eigenvalue weighted by Crippen LogP contribution is -2.32. The highest BCUT2D eigenvalue weighted by Crippen LogP contribution is 2.29. The summed E-state index contributed by atoms with van der Waals surface area (Å²) in [4.78, 5) is 32.9. The molecule has 0 bridgehead atoms. The predicted octanol–water partition coefficient (Wildman–Crippen LogP) is 2.31. The number of anilines is 1. The van der Waals surface area contributed by atoms with Crippen molar-refractivity contribution in [1.82, 2.24) is 15.1 Å². The Balaban J connectivity index is 2.00. The van der Waals surface area contributed by atoms with Crippen molar-refractivity contribution in [3.63, 3.8) is 0 Å². The topological polar surface area (TPSA) is 101 Å². The van der Waals surface area contributed by atoms with Gasteiger partial charge >= 0.3 is 6.03 Å². The fourth-order valence-corrected chi connectivity index (χ4v) is 2.96. The minimum absolute atomic E-state index is 0.172. The molecule has 25 heavy (non-hydrogen) atoms. The molecule has 1 unspecified atom stereocenters. The summed E-state index contributed by atoms with van der Waals surface area (Å²) in [7, 11) is 0. The summed E-state index contributed by atoms with van der Waals surface area (Å²) in [5.41, 5.74) is 1.43. The normalized spacial score (nSPS) is 20.0.